The summed E-state index contributed by atoms with van der Waals surface area (Å²) in [4.78, 5) is 4.60. The lowest BCUT2D eigenvalue weighted by Gasteiger charge is -2.20. The van der Waals surface area contributed by atoms with Crippen LogP contribution >= 0.6 is 0 Å². The number of aromatic nitrogens is 1. The van der Waals surface area contributed by atoms with Crippen molar-refractivity contribution in [1.82, 2.24) is 10.3 Å². The monoisotopic (exact) mass is 278 g/mol. The van der Waals surface area contributed by atoms with Gasteiger partial charge in [0.15, 0.2) is 0 Å². The SMILES string of the molecule is Cc1cc(C)c(CNC(C)C)c(OC(C)CC(C)C)n1. The Morgan fingerprint density at radius 3 is 2.35 bits per heavy atom. The third-order valence-electron chi connectivity index (χ3n) is 3.24. The Kier molecular flexibility index (Phi) is 6.47. The molecule has 1 atom stereocenters. The van der Waals surface area contributed by atoms with Crippen molar-refractivity contribution < 1.29 is 4.74 Å². The van der Waals surface area contributed by atoms with Crippen LogP contribution in [-0.2, 0) is 6.54 Å². The first-order chi connectivity index (χ1) is 9.29. The Labute approximate surface area is 124 Å². The largest absolute Gasteiger partial charge is 0.474 e. The highest BCUT2D eigenvalue weighted by Crippen LogP contribution is 2.23. The van der Waals surface area contributed by atoms with Gasteiger partial charge in [-0.15, -0.1) is 0 Å². The highest BCUT2D eigenvalue weighted by atomic mass is 16.5. The second-order valence-corrected chi connectivity index (χ2v) is 6.46. The molecule has 0 spiro atoms. The van der Waals surface area contributed by atoms with E-state index in [0.717, 1.165) is 24.5 Å². The van der Waals surface area contributed by atoms with Crippen molar-refractivity contribution in [2.45, 2.75) is 73.6 Å². The molecule has 0 aliphatic carbocycles. The lowest BCUT2D eigenvalue weighted by atomic mass is 10.1. The highest BCUT2D eigenvalue weighted by molar-refractivity contribution is 5.36. The summed E-state index contributed by atoms with van der Waals surface area (Å²) in [5.74, 6) is 1.43. The summed E-state index contributed by atoms with van der Waals surface area (Å²) in [6.07, 6.45) is 1.24. The Hall–Kier alpha value is -1.09. The van der Waals surface area contributed by atoms with Crippen LogP contribution in [0.3, 0.4) is 0 Å². The number of pyridine rings is 1. The fourth-order valence-electron chi connectivity index (χ4n) is 2.35. The van der Waals surface area contributed by atoms with E-state index >= 15 is 0 Å². The summed E-state index contributed by atoms with van der Waals surface area (Å²) in [6, 6.07) is 2.58. The van der Waals surface area contributed by atoms with E-state index in [1.165, 1.54) is 11.1 Å². The molecule has 1 unspecified atom stereocenters. The predicted octanol–water partition coefficient (Wildman–Crippen LogP) is 4.01. The van der Waals surface area contributed by atoms with Crippen molar-refractivity contribution in [2.24, 2.45) is 5.92 Å². The van der Waals surface area contributed by atoms with Crippen molar-refractivity contribution in [3.05, 3.63) is 22.9 Å². The molecule has 1 N–H and O–H groups in total. The molecule has 0 aliphatic rings. The van der Waals surface area contributed by atoms with Gasteiger partial charge in [-0.2, -0.15) is 0 Å². The van der Waals surface area contributed by atoms with Gasteiger partial charge in [0.25, 0.3) is 0 Å². The molecule has 1 heterocycles. The summed E-state index contributed by atoms with van der Waals surface area (Å²) in [5, 5.41) is 3.46. The topological polar surface area (TPSA) is 34.1 Å². The molecule has 1 rings (SSSR count). The van der Waals surface area contributed by atoms with Gasteiger partial charge in [-0.1, -0.05) is 27.7 Å². The minimum atomic E-state index is 0.196. The van der Waals surface area contributed by atoms with Crippen LogP contribution in [0.2, 0.25) is 0 Å². The van der Waals surface area contributed by atoms with E-state index in [9.17, 15) is 0 Å². The number of nitrogens with one attached hydrogen (secondary N) is 1. The molecule has 0 fully saturated rings. The van der Waals surface area contributed by atoms with Crippen molar-refractivity contribution in [3.63, 3.8) is 0 Å². The van der Waals surface area contributed by atoms with E-state index in [1.54, 1.807) is 0 Å². The van der Waals surface area contributed by atoms with Crippen molar-refractivity contribution >= 4 is 0 Å². The standard InChI is InChI=1S/C17H30N2O/c1-11(2)8-15(7)20-17-16(10-18-12(3)4)13(5)9-14(6)19-17/h9,11-12,15,18H,8,10H2,1-7H3. The molecule has 0 saturated carbocycles. The normalized spacial score (nSPS) is 13.1. The fourth-order valence-corrected chi connectivity index (χ4v) is 2.35. The predicted molar refractivity (Wildman–Crippen MR) is 85.2 cm³/mol. The minimum absolute atomic E-state index is 0.196. The van der Waals surface area contributed by atoms with E-state index in [2.05, 4.69) is 57.9 Å². The maximum Gasteiger partial charge on any atom is 0.218 e. The van der Waals surface area contributed by atoms with Crippen LogP contribution in [0.5, 0.6) is 5.88 Å². The fraction of sp³-hybridized carbons (Fsp3) is 0.706. The maximum absolute atomic E-state index is 6.10. The molecule has 0 radical (unpaired) electrons. The maximum atomic E-state index is 6.10. The lowest BCUT2D eigenvalue weighted by Crippen LogP contribution is -2.24. The van der Waals surface area contributed by atoms with Crippen LogP contribution in [-0.4, -0.2) is 17.1 Å². The summed E-state index contributed by atoms with van der Waals surface area (Å²) in [6.45, 7) is 15.8. The zero-order chi connectivity index (χ0) is 15.3. The lowest BCUT2D eigenvalue weighted by molar-refractivity contribution is 0.183. The van der Waals surface area contributed by atoms with Gasteiger partial charge in [0, 0.05) is 23.8 Å². The molecule has 0 aromatic carbocycles. The molecule has 114 valence electrons. The molecular formula is C17H30N2O. The third kappa shape index (κ3) is 5.49. The van der Waals surface area contributed by atoms with Gasteiger partial charge in [-0.05, 0) is 44.7 Å². The number of aryl methyl sites for hydroxylation is 2. The first-order valence-electron chi connectivity index (χ1n) is 7.66. The van der Waals surface area contributed by atoms with Crippen LogP contribution in [0.25, 0.3) is 0 Å². The molecule has 0 saturated heterocycles. The molecule has 0 amide bonds. The number of nitrogens with zero attached hydrogens (tertiary/aromatic N) is 1. The van der Waals surface area contributed by atoms with Gasteiger partial charge in [0.05, 0.1) is 6.10 Å². The van der Waals surface area contributed by atoms with E-state index in [4.69, 9.17) is 4.74 Å². The van der Waals surface area contributed by atoms with E-state index < -0.39 is 0 Å². The smallest absolute Gasteiger partial charge is 0.218 e. The summed E-state index contributed by atoms with van der Waals surface area (Å²) in [5.41, 5.74) is 3.44. The molecule has 1 aromatic heterocycles. The molecule has 0 bridgehead atoms. The van der Waals surface area contributed by atoms with Crippen LogP contribution in [0.1, 0.15) is 57.9 Å². The molecular weight excluding hydrogens is 248 g/mol. The Balaban J connectivity index is 2.91. The summed E-state index contributed by atoms with van der Waals surface area (Å²) in [7, 11) is 0. The number of hydrogen-bond donors (Lipinski definition) is 1. The summed E-state index contributed by atoms with van der Waals surface area (Å²) < 4.78 is 6.10. The Morgan fingerprint density at radius 1 is 1.15 bits per heavy atom. The zero-order valence-electron chi connectivity index (χ0n) is 14.1. The molecule has 20 heavy (non-hydrogen) atoms. The van der Waals surface area contributed by atoms with E-state index in [-0.39, 0.29) is 6.10 Å². The highest BCUT2D eigenvalue weighted by Gasteiger charge is 2.14. The van der Waals surface area contributed by atoms with Gasteiger partial charge < -0.3 is 10.1 Å². The zero-order valence-corrected chi connectivity index (χ0v) is 14.1. The number of ether oxygens (including phenoxy) is 1. The molecule has 1 aromatic rings. The van der Waals surface area contributed by atoms with E-state index in [1.807, 2.05) is 6.92 Å². The van der Waals surface area contributed by atoms with Crippen LogP contribution in [0.4, 0.5) is 0 Å². The molecule has 0 aliphatic heterocycles. The second kappa shape index (κ2) is 7.63. The molecule has 3 heteroatoms. The average molecular weight is 278 g/mol. The van der Waals surface area contributed by atoms with Gasteiger partial charge in [-0.3, -0.25) is 0 Å². The van der Waals surface area contributed by atoms with Gasteiger partial charge in [0.1, 0.15) is 0 Å². The first-order valence-corrected chi connectivity index (χ1v) is 7.66. The van der Waals surface area contributed by atoms with Crippen LogP contribution < -0.4 is 10.1 Å². The Morgan fingerprint density at radius 2 is 1.80 bits per heavy atom. The minimum Gasteiger partial charge on any atom is -0.474 e. The Bertz CT molecular complexity index is 427. The van der Waals surface area contributed by atoms with Gasteiger partial charge >= 0.3 is 0 Å². The second-order valence-electron chi connectivity index (χ2n) is 6.46. The quantitative estimate of drug-likeness (QED) is 0.818. The average Bonchev–Trinajstić information content (AvgIpc) is 2.25. The van der Waals surface area contributed by atoms with Gasteiger partial charge in [0.2, 0.25) is 5.88 Å². The first kappa shape index (κ1) is 17.0. The molecule has 3 nitrogen and oxygen atoms in total. The van der Waals surface area contributed by atoms with E-state index in [0.29, 0.717) is 12.0 Å². The van der Waals surface area contributed by atoms with Crippen LogP contribution in [0.15, 0.2) is 6.07 Å². The summed E-state index contributed by atoms with van der Waals surface area (Å²) >= 11 is 0. The number of hydrogen-bond acceptors (Lipinski definition) is 3. The third-order valence-corrected chi connectivity index (χ3v) is 3.24. The van der Waals surface area contributed by atoms with Gasteiger partial charge in [-0.25, -0.2) is 4.98 Å². The van der Waals surface area contributed by atoms with Crippen LogP contribution in [0, 0.1) is 19.8 Å². The van der Waals surface area contributed by atoms with Crippen molar-refractivity contribution in [2.75, 3.05) is 0 Å². The van der Waals surface area contributed by atoms with Crippen molar-refractivity contribution in [3.8, 4) is 5.88 Å². The number of rotatable bonds is 7. The van der Waals surface area contributed by atoms with Crippen molar-refractivity contribution in [1.29, 1.82) is 0 Å².